The van der Waals surface area contributed by atoms with E-state index in [1.54, 1.807) is 0 Å². The first-order valence-electron chi connectivity index (χ1n) is 6.21. The molecule has 0 aromatic rings. The van der Waals surface area contributed by atoms with Gasteiger partial charge >= 0.3 is 0 Å². The molecule has 2 N–H and O–H groups in total. The van der Waals surface area contributed by atoms with Crippen molar-refractivity contribution in [2.24, 2.45) is 5.92 Å². The number of ether oxygens (including phenoxy) is 1. The van der Waals surface area contributed by atoms with Crippen molar-refractivity contribution in [3.05, 3.63) is 0 Å². The second-order valence-corrected chi connectivity index (χ2v) is 4.49. The summed E-state index contributed by atoms with van der Waals surface area (Å²) in [6.45, 7) is 3.03. The van der Waals surface area contributed by atoms with Gasteiger partial charge in [0.1, 0.15) is 0 Å². The van der Waals surface area contributed by atoms with Gasteiger partial charge in [0.05, 0.1) is 25.4 Å². The number of aliphatic hydroxyl groups excluding tert-OH is 1. The largest absolute Gasteiger partial charge is 0.395 e. The summed E-state index contributed by atoms with van der Waals surface area (Å²) in [5, 5.41) is 12.1. The molecule has 1 aliphatic rings. The van der Waals surface area contributed by atoms with Gasteiger partial charge in [-0.1, -0.05) is 26.2 Å². The fourth-order valence-electron chi connectivity index (χ4n) is 2.33. The lowest BCUT2D eigenvalue weighted by atomic mass is 9.85. The molecule has 1 saturated carbocycles. The molecule has 0 bridgehead atoms. The standard InChI is InChI=1S/C12H25NO2/c1-3-10-6-4-5-7-12(10)15-9-11(8-14)13-2/h10-14H,3-9H2,1-2H3. The monoisotopic (exact) mass is 215 g/mol. The predicted molar refractivity (Wildman–Crippen MR) is 61.9 cm³/mol. The van der Waals surface area contributed by atoms with Gasteiger partial charge in [-0.3, -0.25) is 0 Å². The molecule has 3 nitrogen and oxygen atoms in total. The molecule has 0 heterocycles. The maximum absolute atomic E-state index is 9.04. The lowest BCUT2D eigenvalue weighted by Gasteiger charge is -2.31. The molecule has 0 aromatic heterocycles. The maximum Gasteiger partial charge on any atom is 0.0645 e. The third-order valence-electron chi connectivity index (χ3n) is 3.50. The Hall–Kier alpha value is -0.120. The Morgan fingerprint density at radius 1 is 1.40 bits per heavy atom. The van der Waals surface area contributed by atoms with Gasteiger partial charge in [-0.2, -0.15) is 0 Å². The van der Waals surface area contributed by atoms with Crippen molar-refractivity contribution in [1.82, 2.24) is 5.32 Å². The summed E-state index contributed by atoms with van der Waals surface area (Å²) in [5.74, 6) is 0.731. The van der Waals surface area contributed by atoms with Crippen molar-refractivity contribution in [3.63, 3.8) is 0 Å². The second-order valence-electron chi connectivity index (χ2n) is 4.49. The highest BCUT2D eigenvalue weighted by Gasteiger charge is 2.24. The maximum atomic E-state index is 9.04. The Balaban J connectivity index is 2.28. The average molecular weight is 215 g/mol. The molecule has 0 spiro atoms. The van der Waals surface area contributed by atoms with Crippen LogP contribution >= 0.6 is 0 Å². The molecule has 90 valence electrons. The fourth-order valence-corrected chi connectivity index (χ4v) is 2.33. The molecule has 3 heteroatoms. The van der Waals surface area contributed by atoms with Crippen molar-refractivity contribution in [2.75, 3.05) is 20.3 Å². The van der Waals surface area contributed by atoms with Crippen LogP contribution in [0, 0.1) is 5.92 Å². The number of rotatable bonds is 6. The third-order valence-corrected chi connectivity index (χ3v) is 3.50. The molecule has 3 atom stereocenters. The normalized spacial score (nSPS) is 29.0. The molecular weight excluding hydrogens is 190 g/mol. The third kappa shape index (κ3) is 4.09. The van der Waals surface area contributed by atoms with Gasteiger partial charge in [0.25, 0.3) is 0 Å². The van der Waals surface area contributed by atoms with E-state index in [0.29, 0.717) is 12.7 Å². The highest BCUT2D eigenvalue weighted by molar-refractivity contribution is 4.76. The first-order chi connectivity index (χ1) is 7.31. The first kappa shape index (κ1) is 12.9. The van der Waals surface area contributed by atoms with Crippen molar-refractivity contribution >= 4 is 0 Å². The topological polar surface area (TPSA) is 41.5 Å². The van der Waals surface area contributed by atoms with Crippen molar-refractivity contribution in [3.8, 4) is 0 Å². The van der Waals surface area contributed by atoms with Crippen molar-refractivity contribution < 1.29 is 9.84 Å². The van der Waals surface area contributed by atoms with Gasteiger partial charge in [-0.25, -0.2) is 0 Å². The van der Waals surface area contributed by atoms with E-state index >= 15 is 0 Å². The molecule has 15 heavy (non-hydrogen) atoms. The predicted octanol–water partition coefficient (Wildman–Crippen LogP) is 1.55. The number of nitrogens with one attached hydrogen (secondary N) is 1. The van der Waals surface area contributed by atoms with Crippen LogP contribution in [0.5, 0.6) is 0 Å². The zero-order valence-electron chi connectivity index (χ0n) is 10.0. The van der Waals surface area contributed by atoms with Crippen LogP contribution in [0.25, 0.3) is 0 Å². The summed E-state index contributed by atoms with van der Waals surface area (Å²) >= 11 is 0. The minimum absolute atomic E-state index is 0.0874. The van der Waals surface area contributed by atoms with Crippen molar-refractivity contribution in [2.45, 2.75) is 51.2 Å². The lowest BCUT2D eigenvalue weighted by molar-refractivity contribution is -0.0262. The van der Waals surface area contributed by atoms with Crippen LogP contribution in [0.3, 0.4) is 0 Å². The van der Waals surface area contributed by atoms with Gasteiger partial charge in [-0.05, 0) is 25.8 Å². The highest BCUT2D eigenvalue weighted by Crippen LogP contribution is 2.29. The van der Waals surface area contributed by atoms with E-state index in [2.05, 4.69) is 12.2 Å². The Labute approximate surface area is 93.2 Å². The molecule has 0 aliphatic heterocycles. The summed E-state index contributed by atoms with van der Waals surface area (Å²) in [6, 6.07) is 0.0874. The number of hydrogen-bond donors (Lipinski definition) is 2. The molecule has 1 rings (SSSR count). The minimum Gasteiger partial charge on any atom is -0.395 e. The van der Waals surface area contributed by atoms with E-state index in [1.165, 1.54) is 32.1 Å². The zero-order chi connectivity index (χ0) is 11.1. The van der Waals surface area contributed by atoms with E-state index in [9.17, 15) is 0 Å². The zero-order valence-corrected chi connectivity index (χ0v) is 10.0. The van der Waals surface area contributed by atoms with Crippen LogP contribution < -0.4 is 5.32 Å². The summed E-state index contributed by atoms with van der Waals surface area (Å²) in [7, 11) is 1.86. The summed E-state index contributed by atoms with van der Waals surface area (Å²) < 4.78 is 5.91. The quantitative estimate of drug-likeness (QED) is 0.706. The molecule has 1 fully saturated rings. The smallest absolute Gasteiger partial charge is 0.0645 e. The highest BCUT2D eigenvalue weighted by atomic mass is 16.5. The number of aliphatic hydroxyl groups is 1. The Morgan fingerprint density at radius 2 is 2.13 bits per heavy atom. The summed E-state index contributed by atoms with van der Waals surface area (Å²) in [6.07, 6.45) is 6.79. The SMILES string of the molecule is CCC1CCCCC1OCC(CO)NC. The fraction of sp³-hybridized carbons (Fsp3) is 1.00. The summed E-state index contributed by atoms with van der Waals surface area (Å²) in [4.78, 5) is 0. The van der Waals surface area contributed by atoms with Crippen LogP contribution in [0.4, 0.5) is 0 Å². The second kappa shape index (κ2) is 7.20. The number of likely N-dealkylation sites (N-methyl/N-ethyl adjacent to an activating group) is 1. The van der Waals surface area contributed by atoms with Crippen LogP contribution in [-0.2, 0) is 4.74 Å². The summed E-state index contributed by atoms with van der Waals surface area (Å²) in [5.41, 5.74) is 0. The molecule has 3 unspecified atom stereocenters. The average Bonchev–Trinajstić information content (AvgIpc) is 2.31. The van der Waals surface area contributed by atoms with Gasteiger partial charge in [0.2, 0.25) is 0 Å². The first-order valence-corrected chi connectivity index (χ1v) is 6.21. The van der Waals surface area contributed by atoms with Crippen LogP contribution in [0.1, 0.15) is 39.0 Å². The molecular formula is C12H25NO2. The van der Waals surface area contributed by atoms with E-state index in [-0.39, 0.29) is 12.6 Å². The van der Waals surface area contributed by atoms with Gasteiger partial charge in [0.15, 0.2) is 0 Å². The van der Waals surface area contributed by atoms with Crippen LogP contribution in [0.15, 0.2) is 0 Å². The van der Waals surface area contributed by atoms with E-state index in [1.807, 2.05) is 7.05 Å². The molecule has 0 aromatic carbocycles. The molecule has 0 amide bonds. The molecule has 0 radical (unpaired) electrons. The van der Waals surface area contributed by atoms with Crippen LogP contribution in [0.2, 0.25) is 0 Å². The van der Waals surface area contributed by atoms with E-state index < -0.39 is 0 Å². The van der Waals surface area contributed by atoms with Crippen LogP contribution in [-0.4, -0.2) is 37.5 Å². The number of hydrogen-bond acceptors (Lipinski definition) is 3. The molecule has 0 saturated heterocycles. The van der Waals surface area contributed by atoms with Crippen molar-refractivity contribution in [1.29, 1.82) is 0 Å². The van der Waals surface area contributed by atoms with Gasteiger partial charge in [0, 0.05) is 0 Å². The Kier molecular flexibility index (Phi) is 6.22. The van der Waals surface area contributed by atoms with Gasteiger partial charge < -0.3 is 15.2 Å². The van der Waals surface area contributed by atoms with E-state index in [0.717, 1.165) is 5.92 Å². The minimum atomic E-state index is 0.0874. The lowest BCUT2D eigenvalue weighted by Crippen LogP contribution is -2.37. The Bertz CT molecular complexity index is 160. The molecule has 1 aliphatic carbocycles. The van der Waals surface area contributed by atoms with Gasteiger partial charge in [-0.15, -0.1) is 0 Å². The Morgan fingerprint density at radius 3 is 2.73 bits per heavy atom. The van der Waals surface area contributed by atoms with E-state index in [4.69, 9.17) is 9.84 Å².